The van der Waals surface area contributed by atoms with Crippen LogP contribution in [-0.4, -0.2) is 28.1 Å². The Morgan fingerprint density at radius 1 is 1.22 bits per heavy atom. The highest BCUT2D eigenvalue weighted by Crippen LogP contribution is 2.26. The van der Waals surface area contributed by atoms with E-state index in [0.717, 1.165) is 0 Å². The van der Waals surface area contributed by atoms with Crippen molar-refractivity contribution in [3.8, 4) is 0 Å². The van der Waals surface area contributed by atoms with Gasteiger partial charge in [0.05, 0.1) is 10.6 Å². The number of nitrogens with zero attached hydrogens (tertiary/aromatic N) is 3. The summed E-state index contributed by atoms with van der Waals surface area (Å²) in [6, 6.07) is 8.79. The zero-order valence-electron chi connectivity index (χ0n) is 12.1. The highest BCUT2D eigenvalue weighted by Gasteiger charge is 2.26. The fourth-order valence-corrected chi connectivity index (χ4v) is 2.56. The molecule has 0 atom stereocenters. The van der Waals surface area contributed by atoms with E-state index in [0.29, 0.717) is 36.3 Å². The third kappa shape index (κ3) is 2.80. The van der Waals surface area contributed by atoms with E-state index in [9.17, 15) is 19.7 Å². The summed E-state index contributed by atoms with van der Waals surface area (Å²) < 4.78 is 0. The van der Waals surface area contributed by atoms with Crippen molar-refractivity contribution in [1.82, 2.24) is 4.98 Å². The maximum Gasteiger partial charge on any atom is 0.269 e. The standard InChI is InChI=1S/C16H13N3O4/c20-14-4-2-10-18(13-3-1-9-17-15(13)14)16(21)11-5-7-12(8-6-11)19(22)23/h1,3,5-9H,2,4,10H2. The number of carbonyl (C=O) groups is 2. The number of nitro groups is 1. The predicted octanol–water partition coefficient (Wildman–Crippen LogP) is 2.61. The maximum absolute atomic E-state index is 12.7. The Labute approximate surface area is 131 Å². The molecule has 116 valence electrons. The second-order valence-electron chi connectivity index (χ2n) is 5.16. The number of amides is 1. The Hall–Kier alpha value is -3.09. The van der Waals surface area contributed by atoms with Gasteiger partial charge in [-0.2, -0.15) is 0 Å². The highest BCUT2D eigenvalue weighted by atomic mass is 16.6. The molecule has 23 heavy (non-hydrogen) atoms. The van der Waals surface area contributed by atoms with Crippen LogP contribution < -0.4 is 4.90 Å². The van der Waals surface area contributed by atoms with E-state index in [-0.39, 0.29) is 17.4 Å². The molecule has 0 saturated heterocycles. The molecule has 1 aromatic carbocycles. The Bertz CT molecular complexity index is 786. The molecule has 0 saturated carbocycles. The van der Waals surface area contributed by atoms with Gasteiger partial charge in [0.1, 0.15) is 5.69 Å². The molecular formula is C16H13N3O4. The lowest BCUT2D eigenvalue weighted by atomic mass is 10.1. The van der Waals surface area contributed by atoms with Crippen LogP contribution in [0.5, 0.6) is 0 Å². The highest BCUT2D eigenvalue weighted by molar-refractivity contribution is 6.10. The number of rotatable bonds is 2. The van der Waals surface area contributed by atoms with E-state index in [1.54, 1.807) is 12.1 Å². The molecule has 0 unspecified atom stereocenters. The van der Waals surface area contributed by atoms with Gasteiger partial charge < -0.3 is 4.90 Å². The number of benzene rings is 1. The number of aromatic nitrogens is 1. The van der Waals surface area contributed by atoms with Crippen LogP contribution in [0.25, 0.3) is 0 Å². The zero-order valence-corrected chi connectivity index (χ0v) is 12.1. The van der Waals surface area contributed by atoms with E-state index in [4.69, 9.17) is 0 Å². The number of Topliss-reactive ketones (excluding diaryl/α,β-unsaturated/α-hetero) is 1. The van der Waals surface area contributed by atoms with Crippen molar-refractivity contribution in [3.63, 3.8) is 0 Å². The topological polar surface area (TPSA) is 93.4 Å². The van der Waals surface area contributed by atoms with Crippen molar-refractivity contribution >= 4 is 23.1 Å². The lowest BCUT2D eigenvalue weighted by Crippen LogP contribution is -2.31. The number of carbonyl (C=O) groups excluding carboxylic acids is 2. The molecule has 0 fully saturated rings. The second kappa shape index (κ2) is 5.96. The van der Waals surface area contributed by atoms with Gasteiger partial charge in [0.25, 0.3) is 11.6 Å². The summed E-state index contributed by atoms with van der Waals surface area (Å²) in [4.78, 5) is 40.6. The molecule has 7 heteroatoms. The van der Waals surface area contributed by atoms with Gasteiger partial charge in [0, 0.05) is 36.9 Å². The zero-order chi connectivity index (χ0) is 16.4. The summed E-state index contributed by atoms with van der Waals surface area (Å²) >= 11 is 0. The van der Waals surface area contributed by atoms with Crippen molar-refractivity contribution in [1.29, 1.82) is 0 Å². The maximum atomic E-state index is 12.7. The van der Waals surface area contributed by atoms with Gasteiger partial charge in [-0.3, -0.25) is 24.7 Å². The molecule has 0 aliphatic carbocycles. The summed E-state index contributed by atoms with van der Waals surface area (Å²) in [6.45, 7) is 0.403. The van der Waals surface area contributed by atoms with Crippen LogP contribution in [0.15, 0.2) is 42.6 Å². The first kappa shape index (κ1) is 14.8. The van der Waals surface area contributed by atoms with Gasteiger partial charge in [0.2, 0.25) is 0 Å². The lowest BCUT2D eigenvalue weighted by molar-refractivity contribution is -0.384. The van der Waals surface area contributed by atoms with Crippen LogP contribution >= 0.6 is 0 Å². The number of hydrogen-bond acceptors (Lipinski definition) is 5. The average Bonchev–Trinajstić information content (AvgIpc) is 2.74. The van der Waals surface area contributed by atoms with Crippen LogP contribution in [-0.2, 0) is 0 Å². The summed E-state index contributed by atoms with van der Waals surface area (Å²) in [7, 11) is 0. The van der Waals surface area contributed by atoms with Crippen LogP contribution in [0.4, 0.5) is 11.4 Å². The molecule has 2 aromatic rings. The van der Waals surface area contributed by atoms with Crippen molar-refractivity contribution in [2.75, 3.05) is 11.4 Å². The monoisotopic (exact) mass is 311 g/mol. The van der Waals surface area contributed by atoms with E-state index in [2.05, 4.69) is 4.98 Å². The molecule has 1 aliphatic heterocycles. The molecular weight excluding hydrogens is 298 g/mol. The Morgan fingerprint density at radius 3 is 2.65 bits per heavy atom. The largest absolute Gasteiger partial charge is 0.306 e. The number of non-ortho nitro benzene ring substituents is 1. The van der Waals surface area contributed by atoms with Gasteiger partial charge in [-0.05, 0) is 30.7 Å². The normalized spacial score (nSPS) is 14.1. The van der Waals surface area contributed by atoms with E-state index >= 15 is 0 Å². The number of hydrogen-bond donors (Lipinski definition) is 0. The van der Waals surface area contributed by atoms with Crippen molar-refractivity contribution in [2.45, 2.75) is 12.8 Å². The van der Waals surface area contributed by atoms with E-state index < -0.39 is 4.92 Å². The number of pyridine rings is 1. The predicted molar refractivity (Wildman–Crippen MR) is 82.6 cm³/mol. The third-order valence-electron chi connectivity index (χ3n) is 3.70. The SMILES string of the molecule is O=C1CCCN(C(=O)c2ccc([N+](=O)[O-])cc2)c2cccnc21. The molecule has 2 heterocycles. The lowest BCUT2D eigenvalue weighted by Gasteiger charge is -2.21. The molecule has 0 spiro atoms. The Kier molecular flexibility index (Phi) is 3.84. The van der Waals surface area contributed by atoms with Crippen LogP contribution in [0, 0.1) is 10.1 Å². The molecule has 3 rings (SSSR count). The fraction of sp³-hybridized carbons (Fsp3) is 0.188. The van der Waals surface area contributed by atoms with E-state index in [1.165, 1.54) is 35.4 Å². The Balaban J connectivity index is 1.97. The van der Waals surface area contributed by atoms with Crippen LogP contribution in [0.3, 0.4) is 0 Å². The van der Waals surface area contributed by atoms with E-state index in [1.807, 2.05) is 0 Å². The summed E-state index contributed by atoms with van der Waals surface area (Å²) in [5.41, 5.74) is 1.04. The number of fused-ring (bicyclic) bond motifs is 1. The fourth-order valence-electron chi connectivity index (χ4n) is 2.56. The van der Waals surface area contributed by atoms with Gasteiger partial charge in [-0.25, -0.2) is 0 Å². The third-order valence-corrected chi connectivity index (χ3v) is 3.70. The minimum Gasteiger partial charge on any atom is -0.306 e. The van der Waals surface area contributed by atoms with Gasteiger partial charge in [-0.15, -0.1) is 0 Å². The first-order valence-electron chi connectivity index (χ1n) is 7.12. The summed E-state index contributed by atoms with van der Waals surface area (Å²) in [6.07, 6.45) is 2.42. The first-order chi connectivity index (χ1) is 11.1. The molecule has 7 nitrogen and oxygen atoms in total. The molecule has 0 bridgehead atoms. The van der Waals surface area contributed by atoms with Crippen molar-refractivity contribution in [3.05, 3.63) is 64.0 Å². The molecule has 0 radical (unpaired) electrons. The first-order valence-corrected chi connectivity index (χ1v) is 7.12. The molecule has 1 aromatic heterocycles. The Morgan fingerprint density at radius 2 is 1.96 bits per heavy atom. The number of anilines is 1. The van der Waals surface area contributed by atoms with Crippen molar-refractivity contribution in [2.24, 2.45) is 0 Å². The molecule has 1 amide bonds. The summed E-state index contributed by atoms with van der Waals surface area (Å²) in [5.74, 6) is -0.386. The average molecular weight is 311 g/mol. The number of nitro benzene ring substituents is 1. The van der Waals surface area contributed by atoms with Crippen LogP contribution in [0.1, 0.15) is 33.7 Å². The quantitative estimate of drug-likeness (QED) is 0.627. The van der Waals surface area contributed by atoms with Gasteiger partial charge >= 0.3 is 0 Å². The van der Waals surface area contributed by atoms with Crippen LogP contribution in [0.2, 0.25) is 0 Å². The minimum absolute atomic E-state index is 0.0744. The molecule has 0 N–H and O–H groups in total. The summed E-state index contributed by atoms with van der Waals surface area (Å²) in [5, 5.41) is 10.7. The van der Waals surface area contributed by atoms with Gasteiger partial charge in [0.15, 0.2) is 5.78 Å². The van der Waals surface area contributed by atoms with Crippen molar-refractivity contribution < 1.29 is 14.5 Å². The second-order valence-corrected chi connectivity index (χ2v) is 5.16. The minimum atomic E-state index is -0.516. The van der Waals surface area contributed by atoms with Gasteiger partial charge in [-0.1, -0.05) is 0 Å². The molecule has 1 aliphatic rings. The number of ketones is 1. The smallest absolute Gasteiger partial charge is 0.269 e.